The number of hydrogen-bond donors (Lipinski definition) is 1. The number of hydrogen-bond acceptors (Lipinski definition) is 4. The monoisotopic (exact) mass is 304 g/mol. The first kappa shape index (κ1) is 17.5. The number of nitrogens with one attached hydrogen (secondary N) is 1. The van der Waals surface area contributed by atoms with E-state index in [0.29, 0.717) is 0 Å². The molecule has 1 heterocycles. The summed E-state index contributed by atoms with van der Waals surface area (Å²) in [5.41, 5.74) is 1.79. The van der Waals surface area contributed by atoms with Gasteiger partial charge in [0, 0.05) is 19.6 Å². The van der Waals surface area contributed by atoms with Crippen molar-refractivity contribution in [3.63, 3.8) is 0 Å². The van der Waals surface area contributed by atoms with E-state index in [9.17, 15) is 0 Å². The van der Waals surface area contributed by atoms with Crippen molar-refractivity contribution < 1.29 is 9.31 Å². The van der Waals surface area contributed by atoms with E-state index in [1.807, 2.05) is 7.05 Å². The Bertz CT molecular complexity index is 489. The third-order valence-electron chi connectivity index (χ3n) is 4.67. The molecule has 0 bridgehead atoms. The molecule has 1 aliphatic heterocycles. The summed E-state index contributed by atoms with van der Waals surface area (Å²) in [7, 11) is 3.83. The van der Waals surface area contributed by atoms with E-state index in [1.54, 1.807) is 0 Å². The van der Waals surface area contributed by atoms with Gasteiger partial charge in [0.1, 0.15) is 0 Å². The summed E-state index contributed by atoms with van der Waals surface area (Å²) < 4.78 is 12.3. The standard InChI is InChI=1S/C17H29BN2O2/c1-16(2)17(3,4)22-18(21-16)15-9-7-8-14(12-15)13-20(6)11-10-19-5/h7-9,12,19H,10-11,13H2,1-6H3. The van der Waals surface area contributed by atoms with Gasteiger partial charge in [-0.15, -0.1) is 0 Å². The molecule has 1 fully saturated rings. The van der Waals surface area contributed by atoms with Crippen LogP contribution in [0, 0.1) is 0 Å². The lowest BCUT2D eigenvalue weighted by molar-refractivity contribution is 0.00578. The molecule has 0 aromatic heterocycles. The summed E-state index contributed by atoms with van der Waals surface area (Å²) in [4.78, 5) is 2.31. The van der Waals surface area contributed by atoms with Crippen LogP contribution >= 0.6 is 0 Å². The molecule has 1 aromatic rings. The zero-order valence-corrected chi connectivity index (χ0v) is 14.8. The molecule has 0 saturated carbocycles. The van der Waals surface area contributed by atoms with Crippen LogP contribution in [0.1, 0.15) is 33.3 Å². The second kappa shape index (κ2) is 6.71. The summed E-state index contributed by atoms with van der Waals surface area (Å²) in [5, 5.41) is 3.18. The second-order valence-corrected chi connectivity index (χ2v) is 7.17. The topological polar surface area (TPSA) is 33.7 Å². The zero-order valence-electron chi connectivity index (χ0n) is 14.8. The van der Waals surface area contributed by atoms with Gasteiger partial charge in [-0.05, 0) is 52.8 Å². The van der Waals surface area contributed by atoms with Crippen LogP contribution < -0.4 is 10.8 Å². The van der Waals surface area contributed by atoms with E-state index in [2.05, 4.69) is 69.2 Å². The number of benzene rings is 1. The second-order valence-electron chi connectivity index (χ2n) is 7.17. The third kappa shape index (κ3) is 3.90. The molecular weight excluding hydrogens is 275 g/mol. The fourth-order valence-corrected chi connectivity index (χ4v) is 2.51. The van der Waals surface area contributed by atoms with Gasteiger partial charge in [-0.1, -0.05) is 24.3 Å². The van der Waals surface area contributed by atoms with Crippen LogP contribution in [0.25, 0.3) is 0 Å². The van der Waals surface area contributed by atoms with Gasteiger partial charge < -0.3 is 19.5 Å². The van der Waals surface area contributed by atoms with Crippen LogP contribution in [0.15, 0.2) is 24.3 Å². The Morgan fingerprint density at radius 3 is 2.36 bits per heavy atom. The molecule has 0 radical (unpaired) electrons. The summed E-state index contributed by atoms with van der Waals surface area (Å²) in [6.45, 7) is 11.3. The predicted molar refractivity (Wildman–Crippen MR) is 92.4 cm³/mol. The van der Waals surface area contributed by atoms with Crippen LogP contribution in [0.2, 0.25) is 0 Å². The Hall–Kier alpha value is -0.875. The lowest BCUT2D eigenvalue weighted by Crippen LogP contribution is -2.41. The molecule has 1 aromatic carbocycles. The molecular formula is C17H29BN2O2. The Kier molecular flexibility index (Phi) is 5.33. The summed E-state index contributed by atoms with van der Waals surface area (Å²) in [5.74, 6) is 0. The maximum Gasteiger partial charge on any atom is 0.494 e. The first-order valence-corrected chi connectivity index (χ1v) is 8.03. The minimum atomic E-state index is -0.294. The van der Waals surface area contributed by atoms with E-state index in [0.717, 1.165) is 25.1 Å². The first-order chi connectivity index (χ1) is 10.2. The summed E-state index contributed by atoms with van der Waals surface area (Å²) >= 11 is 0. The Labute approximate surface area is 135 Å². The van der Waals surface area contributed by atoms with Gasteiger partial charge in [0.2, 0.25) is 0 Å². The molecule has 2 rings (SSSR count). The zero-order chi connectivity index (χ0) is 16.4. The Morgan fingerprint density at radius 1 is 1.14 bits per heavy atom. The van der Waals surface area contributed by atoms with E-state index < -0.39 is 0 Å². The Balaban J connectivity index is 2.06. The number of likely N-dealkylation sites (N-methyl/N-ethyl adjacent to an activating group) is 2. The summed E-state index contributed by atoms with van der Waals surface area (Å²) in [6, 6.07) is 8.52. The number of rotatable bonds is 6. The van der Waals surface area contributed by atoms with Gasteiger partial charge in [-0.2, -0.15) is 0 Å². The van der Waals surface area contributed by atoms with Crippen LogP contribution in [0.5, 0.6) is 0 Å². The van der Waals surface area contributed by atoms with Crippen molar-refractivity contribution in [2.24, 2.45) is 0 Å². The smallest absolute Gasteiger partial charge is 0.399 e. The lowest BCUT2D eigenvalue weighted by atomic mass is 9.78. The normalized spacial score (nSPS) is 19.9. The fraction of sp³-hybridized carbons (Fsp3) is 0.647. The quantitative estimate of drug-likeness (QED) is 0.810. The van der Waals surface area contributed by atoms with Gasteiger partial charge in [-0.3, -0.25) is 0 Å². The van der Waals surface area contributed by atoms with Crippen LogP contribution in [0.3, 0.4) is 0 Å². The third-order valence-corrected chi connectivity index (χ3v) is 4.67. The van der Waals surface area contributed by atoms with E-state index in [1.165, 1.54) is 5.56 Å². The average Bonchev–Trinajstić information content (AvgIpc) is 2.65. The minimum absolute atomic E-state index is 0.285. The van der Waals surface area contributed by atoms with Crippen LogP contribution in [-0.4, -0.2) is 50.4 Å². The van der Waals surface area contributed by atoms with E-state index >= 15 is 0 Å². The van der Waals surface area contributed by atoms with Crippen molar-refractivity contribution in [1.82, 2.24) is 10.2 Å². The number of nitrogens with zero attached hydrogens (tertiary/aromatic N) is 1. The highest BCUT2D eigenvalue weighted by molar-refractivity contribution is 6.62. The van der Waals surface area contributed by atoms with E-state index in [-0.39, 0.29) is 18.3 Å². The average molecular weight is 304 g/mol. The van der Waals surface area contributed by atoms with Crippen molar-refractivity contribution in [3.05, 3.63) is 29.8 Å². The van der Waals surface area contributed by atoms with Crippen molar-refractivity contribution >= 4 is 12.6 Å². The molecule has 122 valence electrons. The molecule has 0 amide bonds. The summed E-state index contributed by atoms with van der Waals surface area (Å²) in [6.07, 6.45) is 0. The van der Waals surface area contributed by atoms with Gasteiger partial charge in [0.25, 0.3) is 0 Å². The van der Waals surface area contributed by atoms with Crippen molar-refractivity contribution in [2.45, 2.75) is 45.4 Å². The molecule has 0 aliphatic carbocycles. The highest BCUT2D eigenvalue weighted by Gasteiger charge is 2.51. The Morgan fingerprint density at radius 2 is 1.77 bits per heavy atom. The molecule has 1 saturated heterocycles. The molecule has 22 heavy (non-hydrogen) atoms. The first-order valence-electron chi connectivity index (χ1n) is 8.03. The van der Waals surface area contributed by atoms with Crippen LogP contribution in [-0.2, 0) is 15.9 Å². The largest absolute Gasteiger partial charge is 0.494 e. The molecule has 0 unspecified atom stereocenters. The van der Waals surface area contributed by atoms with Crippen LogP contribution in [0.4, 0.5) is 0 Å². The highest BCUT2D eigenvalue weighted by Crippen LogP contribution is 2.36. The van der Waals surface area contributed by atoms with Crippen molar-refractivity contribution in [1.29, 1.82) is 0 Å². The van der Waals surface area contributed by atoms with Gasteiger partial charge >= 0.3 is 7.12 Å². The van der Waals surface area contributed by atoms with Gasteiger partial charge in [-0.25, -0.2) is 0 Å². The molecule has 5 heteroatoms. The molecule has 1 N–H and O–H groups in total. The minimum Gasteiger partial charge on any atom is -0.399 e. The van der Waals surface area contributed by atoms with Gasteiger partial charge in [0.15, 0.2) is 0 Å². The molecule has 4 nitrogen and oxygen atoms in total. The van der Waals surface area contributed by atoms with Crippen molar-refractivity contribution in [3.8, 4) is 0 Å². The predicted octanol–water partition coefficient (Wildman–Crippen LogP) is 1.64. The SMILES string of the molecule is CNCCN(C)Cc1cccc(B2OC(C)(C)C(C)(C)O2)c1. The van der Waals surface area contributed by atoms with Gasteiger partial charge in [0.05, 0.1) is 11.2 Å². The van der Waals surface area contributed by atoms with E-state index in [4.69, 9.17) is 9.31 Å². The lowest BCUT2D eigenvalue weighted by Gasteiger charge is -2.32. The highest BCUT2D eigenvalue weighted by atomic mass is 16.7. The maximum absolute atomic E-state index is 6.13. The maximum atomic E-state index is 6.13. The van der Waals surface area contributed by atoms with Crippen molar-refractivity contribution in [2.75, 3.05) is 27.2 Å². The molecule has 1 aliphatic rings. The molecule has 0 spiro atoms. The molecule has 0 atom stereocenters. The fourth-order valence-electron chi connectivity index (χ4n) is 2.51.